The maximum Gasteiger partial charge on any atom is 0.269 e. The minimum atomic E-state index is -0.494. The predicted octanol–water partition coefficient (Wildman–Crippen LogP) is 5.09. The van der Waals surface area contributed by atoms with E-state index >= 15 is 0 Å². The van der Waals surface area contributed by atoms with Crippen LogP contribution in [0.5, 0.6) is 0 Å². The van der Waals surface area contributed by atoms with Crippen LogP contribution in [-0.4, -0.2) is 11.1 Å². The molecule has 0 atom stereocenters. The van der Waals surface area contributed by atoms with Crippen molar-refractivity contribution in [1.82, 2.24) is 0 Å². The molecule has 0 spiro atoms. The van der Waals surface area contributed by atoms with Crippen molar-refractivity contribution in [3.63, 3.8) is 0 Å². The van der Waals surface area contributed by atoms with Gasteiger partial charge in [0.2, 0.25) is 0 Å². The highest BCUT2D eigenvalue weighted by Crippen LogP contribution is 2.26. The zero-order valence-corrected chi connectivity index (χ0v) is 13.4. The topological polar surface area (TPSA) is 80.7 Å². The molecule has 8 heteroatoms. The Labute approximate surface area is 146 Å². The molecular formula is C17H11ClFN3O3. The van der Waals surface area contributed by atoms with E-state index in [4.69, 9.17) is 16.0 Å². The number of rotatable bonds is 5. The molecule has 3 rings (SSSR count). The first kappa shape index (κ1) is 16.7. The zero-order chi connectivity index (χ0) is 17.8. The maximum absolute atomic E-state index is 13.2. The fraction of sp³-hybridized carbons (Fsp3) is 0. The first-order valence-electron chi connectivity index (χ1n) is 7.12. The Morgan fingerprint density at radius 2 is 1.92 bits per heavy atom. The molecule has 126 valence electrons. The lowest BCUT2D eigenvalue weighted by atomic mass is 10.2. The van der Waals surface area contributed by atoms with Gasteiger partial charge in [-0.2, -0.15) is 5.10 Å². The fourth-order valence-corrected chi connectivity index (χ4v) is 2.24. The number of non-ortho nitro benzene ring substituents is 1. The van der Waals surface area contributed by atoms with E-state index in [1.54, 1.807) is 30.3 Å². The van der Waals surface area contributed by atoms with Crippen LogP contribution in [0.4, 0.5) is 15.8 Å². The number of hydrogen-bond acceptors (Lipinski definition) is 5. The van der Waals surface area contributed by atoms with E-state index in [0.717, 1.165) is 0 Å². The number of hydrogen-bond donors (Lipinski definition) is 1. The molecule has 0 fully saturated rings. The summed E-state index contributed by atoms with van der Waals surface area (Å²) in [5.41, 5.74) is 3.99. The Balaban J connectivity index is 1.67. The maximum atomic E-state index is 13.2. The number of nitro groups is 1. The van der Waals surface area contributed by atoms with Crippen LogP contribution in [0.25, 0.3) is 11.3 Å². The molecule has 0 saturated carbocycles. The van der Waals surface area contributed by atoms with Crippen LogP contribution >= 0.6 is 11.6 Å². The van der Waals surface area contributed by atoms with Gasteiger partial charge < -0.3 is 4.42 Å². The number of benzene rings is 2. The highest BCUT2D eigenvalue weighted by molar-refractivity contribution is 6.31. The molecule has 0 bridgehead atoms. The van der Waals surface area contributed by atoms with Gasteiger partial charge in [0.1, 0.15) is 17.3 Å². The summed E-state index contributed by atoms with van der Waals surface area (Å²) in [6.07, 6.45) is 1.45. The standard InChI is InChI=1S/C17H11ClFN3O3/c18-15-9-11(1-7-16(15)19)17-8-6-14(25-17)10-20-21-12-2-4-13(5-3-12)22(23)24/h1-10,21H. The SMILES string of the molecule is O=[N+]([O-])c1ccc(NN=Cc2ccc(-c3ccc(F)c(Cl)c3)o2)cc1. The minimum Gasteiger partial charge on any atom is -0.455 e. The monoisotopic (exact) mass is 359 g/mol. The van der Waals surface area contributed by atoms with E-state index in [1.165, 1.54) is 30.5 Å². The molecule has 0 aliphatic heterocycles. The van der Waals surface area contributed by atoms with Crippen LogP contribution in [0.2, 0.25) is 5.02 Å². The van der Waals surface area contributed by atoms with Crippen LogP contribution in [-0.2, 0) is 0 Å². The molecule has 0 unspecified atom stereocenters. The second kappa shape index (κ2) is 7.14. The van der Waals surface area contributed by atoms with Crippen molar-refractivity contribution in [3.05, 3.63) is 81.3 Å². The number of furan rings is 1. The smallest absolute Gasteiger partial charge is 0.269 e. The van der Waals surface area contributed by atoms with Crippen molar-refractivity contribution in [2.24, 2.45) is 5.10 Å². The number of halogens is 2. The quantitative estimate of drug-likeness (QED) is 0.390. The molecule has 25 heavy (non-hydrogen) atoms. The van der Waals surface area contributed by atoms with Gasteiger partial charge in [-0.1, -0.05) is 11.6 Å². The lowest BCUT2D eigenvalue weighted by molar-refractivity contribution is -0.384. The highest BCUT2D eigenvalue weighted by Gasteiger charge is 2.07. The number of nitrogens with one attached hydrogen (secondary N) is 1. The van der Waals surface area contributed by atoms with Crippen LogP contribution in [0.3, 0.4) is 0 Å². The van der Waals surface area contributed by atoms with E-state index in [1.807, 2.05) is 0 Å². The largest absolute Gasteiger partial charge is 0.455 e. The summed E-state index contributed by atoms with van der Waals surface area (Å²) >= 11 is 5.76. The molecule has 3 aromatic rings. The summed E-state index contributed by atoms with van der Waals surface area (Å²) in [6, 6.07) is 13.6. The molecule has 0 saturated heterocycles. The Morgan fingerprint density at radius 3 is 2.60 bits per heavy atom. The van der Waals surface area contributed by atoms with Crippen LogP contribution in [0.1, 0.15) is 5.76 Å². The Bertz CT molecular complexity index is 939. The van der Waals surface area contributed by atoms with Crippen LogP contribution in [0.15, 0.2) is 64.1 Å². The van der Waals surface area contributed by atoms with Gasteiger partial charge in [-0.05, 0) is 42.5 Å². The van der Waals surface area contributed by atoms with Crippen LogP contribution in [0, 0.1) is 15.9 Å². The molecule has 2 aromatic carbocycles. The summed E-state index contributed by atoms with van der Waals surface area (Å²) in [5.74, 6) is 0.509. The zero-order valence-electron chi connectivity index (χ0n) is 12.6. The van der Waals surface area contributed by atoms with E-state index < -0.39 is 10.7 Å². The first-order chi connectivity index (χ1) is 12.0. The van der Waals surface area contributed by atoms with Crippen molar-refractivity contribution < 1.29 is 13.7 Å². The summed E-state index contributed by atoms with van der Waals surface area (Å²) in [4.78, 5) is 10.1. The van der Waals surface area contributed by atoms with E-state index in [9.17, 15) is 14.5 Å². The Morgan fingerprint density at radius 1 is 1.16 bits per heavy atom. The van der Waals surface area contributed by atoms with Crippen molar-refractivity contribution in [2.75, 3.05) is 5.43 Å². The third-order valence-electron chi connectivity index (χ3n) is 3.29. The normalized spacial score (nSPS) is 11.0. The summed E-state index contributed by atoms with van der Waals surface area (Å²) in [7, 11) is 0. The van der Waals surface area contributed by atoms with Crippen molar-refractivity contribution in [1.29, 1.82) is 0 Å². The number of anilines is 1. The van der Waals surface area contributed by atoms with Crippen molar-refractivity contribution in [2.45, 2.75) is 0 Å². The molecule has 0 aliphatic carbocycles. The second-order valence-electron chi connectivity index (χ2n) is 5.00. The Kier molecular flexibility index (Phi) is 4.76. The van der Waals surface area contributed by atoms with Gasteiger partial charge in [-0.15, -0.1) is 0 Å². The van der Waals surface area contributed by atoms with E-state index in [0.29, 0.717) is 22.8 Å². The van der Waals surface area contributed by atoms with Gasteiger partial charge in [-0.3, -0.25) is 15.5 Å². The highest BCUT2D eigenvalue weighted by atomic mass is 35.5. The number of nitrogens with zero attached hydrogens (tertiary/aromatic N) is 2. The third-order valence-corrected chi connectivity index (χ3v) is 3.58. The average molecular weight is 360 g/mol. The van der Waals surface area contributed by atoms with Gasteiger partial charge >= 0.3 is 0 Å². The van der Waals surface area contributed by atoms with Crippen molar-refractivity contribution >= 4 is 29.2 Å². The molecular weight excluding hydrogens is 349 g/mol. The number of hydrazone groups is 1. The number of nitro benzene ring substituents is 1. The molecule has 0 amide bonds. The van der Waals surface area contributed by atoms with Gasteiger partial charge in [0, 0.05) is 17.7 Å². The molecule has 6 nitrogen and oxygen atoms in total. The average Bonchev–Trinajstić information content (AvgIpc) is 3.07. The fourth-order valence-electron chi connectivity index (χ4n) is 2.05. The predicted molar refractivity (Wildman–Crippen MR) is 93.4 cm³/mol. The second-order valence-corrected chi connectivity index (χ2v) is 5.41. The summed E-state index contributed by atoms with van der Waals surface area (Å²) < 4.78 is 18.8. The first-order valence-corrected chi connectivity index (χ1v) is 7.49. The summed E-state index contributed by atoms with van der Waals surface area (Å²) in [5, 5.41) is 14.6. The van der Waals surface area contributed by atoms with Gasteiger partial charge in [0.25, 0.3) is 5.69 Å². The van der Waals surface area contributed by atoms with E-state index in [2.05, 4.69) is 10.5 Å². The molecule has 1 N–H and O–H groups in total. The van der Waals surface area contributed by atoms with Gasteiger partial charge in [0.05, 0.1) is 21.8 Å². The van der Waals surface area contributed by atoms with Crippen LogP contribution < -0.4 is 5.43 Å². The third kappa shape index (κ3) is 4.02. The molecule has 1 aromatic heterocycles. The van der Waals surface area contributed by atoms with Gasteiger partial charge in [0.15, 0.2) is 0 Å². The minimum absolute atomic E-state index is 0.00293. The van der Waals surface area contributed by atoms with Gasteiger partial charge in [-0.25, -0.2) is 4.39 Å². The molecule has 1 heterocycles. The lowest BCUT2D eigenvalue weighted by Gasteiger charge is -1.99. The van der Waals surface area contributed by atoms with Crippen molar-refractivity contribution in [3.8, 4) is 11.3 Å². The summed E-state index contributed by atoms with van der Waals surface area (Å²) in [6.45, 7) is 0. The molecule has 0 aliphatic rings. The molecule has 0 radical (unpaired) electrons. The lowest BCUT2D eigenvalue weighted by Crippen LogP contribution is -1.91. The van der Waals surface area contributed by atoms with E-state index in [-0.39, 0.29) is 10.7 Å². The Hall–Kier alpha value is -3.19.